The first-order valence-electron chi connectivity index (χ1n) is 7.02. The summed E-state index contributed by atoms with van der Waals surface area (Å²) in [4.78, 5) is 21.8. The van der Waals surface area contributed by atoms with Crippen molar-refractivity contribution >= 4 is 46.1 Å². The zero-order valence-corrected chi connectivity index (χ0v) is 15.0. The Morgan fingerprint density at radius 2 is 2.00 bits per heavy atom. The van der Waals surface area contributed by atoms with Crippen LogP contribution in [0.4, 0.5) is 11.4 Å². The van der Waals surface area contributed by atoms with Gasteiger partial charge in [-0.05, 0) is 71.0 Å². The summed E-state index contributed by atoms with van der Waals surface area (Å²) in [6.45, 7) is 2.10. The lowest BCUT2D eigenvalue weighted by Crippen LogP contribution is -2.25. The molecule has 2 rings (SSSR count). The van der Waals surface area contributed by atoms with Gasteiger partial charge in [-0.3, -0.25) is 14.9 Å². The fourth-order valence-electron chi connectivity index (χ4n) is 1.84. The lowest BCUT2D eigenvalue weighted by Gasteiger charge is -2.07. The number of nitro benzene ring substituents is 1. The van der Waals surface area contributed by atoms with E-state index in [0.29, 0.717) is 5.56 Å². The highest BCUT2D eigenvalue weighted by Gasteiger charge is 2.03. The maximum Gasteiger partial charge on any atom is 0.269 e. The molecule has 7 nitrogen and oxygen atoms in total. The number of carbonyl (C=O) groups excluding carboxylic acids is 1. The van der Waals surface area contributed by atoms with Crippen LogP contribution >= 0.6 is 22.6 Å². The molecule has 0 atom stereocenters. The van der Waals surface area contributed by atoms with Crippen molar-refractivity contribution in [2.75, 3.05) is 11.9 Å². The van der Waals surface area contributed by atoms with E-state index in [1.54, 1.807) is 12.1 Å². The second-order valence-electron chi connectivity index (χ2n) is 4.96. The first-order chi connectivity index (χ1) is 11.5. The molecule has 0 saturated carbocycles. The number of hydrazone groups is 1. The predicted octanol–water partition coefficient (Wildman–Crippen LogP) is 3.07. The number of nitrogens with one attached hydrogen (secondary N) is 2. The number of aryl methyl sites for hydroxylation is 1. The second-order valence-corrected chi connectivity index (χ2v) is 6.12. The second kappa shape index (κ2) is 8.39. The van der Waals surface area contributed by atoms with Crippen LogP contribution in [-0.2, 0) is 4.79 Å². The number of nitrogens with zero attached hydrogens (tertiary/aromatic N) is 2. The van der Waals surface area contributed by atoms with Crippen LogP contribution in [0.5, 0.6) is 0 Å². The van der Waals surface area contributed by atoms with Crippen molar-refractivity contribution in [2.24, 2.45) is 5.10 Å². The molecule has 0 aliphatic carbocycles. The molecule has 0 radical (unpaired) electrons. The number of carbonyl (C=O) groups is 1. The minimum atomic E-state index is -0.472. The van der Waals surface area contributed by atoms with Gasteiger partial charge in [-0.25, -0.2) is 5.43 Å². The highest BCUT2D eigenvalue weighted by molar-refractivity contribution is 14.1. The van der Waals surface area contributed by atoms with E-state index in [-0.39, 0.29) is 18.1 Å². The third-order valence-electron chi connectivity index (χ3n) is 3.12. The van der Waals surface area contributed by atoms with E-state index in [1.807, 2.05) is 25.1 Å². The number of rotatable bonds is 6. The van der Waals surface area contributed by atoms with Crippen LogP contribution in [0.25, 0.3) is 0 Å². The molecule has 24 heavy (non-hydrogen) atoms. The molecule has 124 valence electrons. The summed E-state index contributed by atoms with van der Waals surface area (Å²) in [5.74, 6) is -0.288. The van der Waals surface area contributed by atoms with Crippen molar-refractivity contribution in [1.82, 2.24) is 5.43 Å². The monoisotopic (exact) mass is 438 g/mol. The highest BCUT2D eigenvalue weighted by atomic mass is 127. The van der Waals surface area contributed by atoms with Crippen LogP contribution in [-0.4, -0.2) is 23.6 Å². The molecule has 0 aliphatic rings. The molecule has 2 N–H and O–H groups in total. The minimum Gasteiger partial charge on any atom is -0.376 e. The molecule has 8 heteroatoms. The van der Waals surface area contributed by atoms with Crippen molar-refractivity contribution in [1.29, 1.82) is 0 Å². The third-order valence-corrected chi connectivity index (χ3v) is 4.33. The molecular formula is C16H15IN4O3. The average Bonchev–Trinajstić information content (AvgIpc) is 2.56. The maximum atomic E-state index is 11.7. The zero-order valence-electron chi connectivity index (χ0n) is 12.8. The van der Waals surface area contributed by atoms with Crippen molar-refractivity contribution in [2.45, 2.75) is 6.92 Å². The number of anilines is 1. The Hall–Kier alpha value is -2.49. The van der Waals surface area contributed by atoms with Crippen LogP contribution in [0.15, 0.2) is 47.6 Å². The largest absolute Gasteiger partial charge is 0.376 e. The zero-order chi connectivity index (χ0) is 17.5. The van der Waals surface area contributed by atoms with E-state index in [1.165, 1.54) is 18.3 Å². The summed E-state index contributed by atoms with van der Waals surface area (Å²) < 4.78 is 1.16. The summed E-state index contributed by atoms with van der Waals surface area (Å²) in [7, 11) is 0. The van der Waals surface area contributed by atoms with E-state index >= 15 is 0 Å². The van der Waals surface area contributed by atoms with Crippen LogP contribution < -0.4 is 10.7 Å². The number of hydrogen-bond donors (Lipinski definition) is 2. The van der Waals surface area contributed by atoms with Gasteiger partial charge in [0, 0.05) is 21.4 Å². The minimum absolute atomic E-state index is 0.00759. The molecule has 0 fully saturated rings. The van der Waals surface area contributed by atoms with E-state index in [4.69, 9.17) is 0 Å². The molecule has 0 spiro atoms. The number of benzene rings is 2. The van der Waals surface area contributed by atoms with Gasteiger partial charge in [0.25, 0.3) is 11.6 Å². The van der Waals surface area contributed by atoms with Gasteiger partial charge < -0.3 is 5.32 Å². The van der Waals surface area contributed by atoms with Crippen LogP contribution in [0.3, 0.4) is 0 Å². The number of halogens is 1. The van der Waals surface area contributed by atoms with Gasteiger partial charge in [-0.15, -0.1) is 0 Å². The van der Waals surface area contributed by atoms with Gasteiger partial charge in [0.05, 0.1) is 17.7 Å². The predicted molar refractivity (Wildman–Crippen MR) is 101 cm³/mol. The smallest absolute Gasteiger partial charge is 0.269 e. The standard InChI is InChI=1S/C16H15IN4O3/c1-11-8-13(4-7-15(11)17)18-10-16(22)20-19-9-12-2-5-14(6-3-12)21(23)24/h2-9,18H,10H2,1H3,(H,20,22)/b19-9-. The summed E-state index contributed by atoms with van der Waals surface area (Å²) >= 11 is 2.25. The van der Waals surface area contributed by atoms with Crippen LogP contribution in [0.2, 0.25) is 0 Å². The van der Waals surface area contributed by atoms with Crippen molar-refractivity contribution in [3.63, 3.8) is 0 Å². The van der Waals surface area contributed by atoms with Gasteiger partial charge in [-0.1, -0.05) is 0 Å². The molecule has 1 amide bonds. The van der Waals surface area contributed by atoms with Crippen LogP contribution in [0.1, 0.15) is 11.1 Å². The first kappa shape index (κ1) is 17.9. The molecule has 2 aromatic carbocycles. The molecule has 0 heterocycles. The molecule has 0 bridgehead atoms. The maximum absolute atomic E-state index is 11.7. The van der Waals surface area contributed by atoms with Crippen molar-refractivity contribution < 1.29 is 9.72 Å². The fraction of sp³-hybridized carbons (Fsp3) is 0.125. The number of hydrogen-bond acceptors (Lipinski definition) is 5. The third kappa shape index (κ3) is 5.30. The lowest BCUT2D eigenvalue weighted by atomic mass is 10.2. The van der Waals surface area contributed by atoms with E-state index in [9.17, 15) is 14.9 Å². The average molecular weight is 438 g/mol. The van der Waals surface area contributed by atoms with E-state index < -0.39 is 4.92 Å². The first-order valence-corrected chi connectivity index (χ1v) is 8.10. The van der Waals surface area contributed by atoms with Crippen molar-refractivity contribution in [3.05, 3.63) is 67.3 Å². The Balaban J connectivity index is 1.81. The normalized spacial score (nSPS) is 10.6. The van der Waals surface area contributed by atoms with Gasteiger partial charge >= 0.3 is 0 Å². The number of amides is 1. The fourth-order valence-corrected chi connectivity index (χ4v) is 2.17. The van der Waals surface area contributed by atoms with Gasteiger partial charge in [-0.2, -0.15) is 5.10 Å². The summed E-state index contributed by atoms with van der Waals surface area (Å²) in [6, 6.07) is 11.7. The van der Waals surface area contributed by atoms with Gasteiger partial charge in [0.1, 0.15) is 0 Å². The van der Waals surface area contributed by atoms with Gasteiger partial charge in [0.2, 0.25) is 0 Å². The Morgan fingerprint density at radius 3 is 2.62 bits per heavy atom. The quantitative estimate of drug-likeness (QED) is 0.314. The molecule has 0 unspecified atom stereocenters. The molecule has 0 saturated heterocycles. The highest BCUT2D eigenvalue weighted by Crippen LogP contribution is 2.16. The van der Waals surface area contributed by atoms with Crippen LogP contribution in [0, 0.1) is 20.6 Å². The lowest BCUT2D eigenvalue weighted by molar-refractivity contribution is -0.384. The van der Waals surface area contributed by atoms with Crippen molar-refractivity contribution in [3.8, 4) is 0 Å². The van der Waals surface area contributed by atoms with Gasteiger partial charge in [0.15, 0.2) is 0 Å². The molecule has 2 aromatic rings. The summed E-state index contributed by atoms with van der Waals surface area (Å²) in [6.07, 6.45) is 1.43. The SMILES string of the molecule is Cc1cc(NCC(=O)N/N=C\c2ccc([N+](=O)[O-])cc2)ccc1I. The Bertz CT molecular complexity index is 775. The van der Waals surface area contributed by atoms with E-state index in [2.05, 4.69) is 38.4 Å². The molecular weight excluding hydrogens is 423 g/mol. The molecule has 0 aromatic heterocycles. The number of nitro groups is 1. The topological polar surface area (TPSA) is 96.6 Å². The Kier molecular flexibility index (Phi) is 6.24. The number of non-ortho nitro benzene ring substituents is 1. The summed E-state index contributed by atoms with van der Waals surface area (Å²) in [5, 5.41) is 17.4. The molecule has 0 aliphatic heterocycles. The van der Waals surface area contributed by atoms with E-state index in [0.717, 1.165) is 14.8 Å². The Labute approximate surface area is 152 Å². The summed E-state index contributed by atoms with van der Waals surface area (Å²) in [5.41, 5.74) is 5.06. The Morgan fingerprint density at radius 1 is 1.29 bits per heavy atom.